The summed E-state index contributed by atoms with van der Waals surface area (Å²) in [6.07, 6.45) is 2.62. The molecule has 1 aromatic rings. The van der Waals surface area contributed by atoms with Crippen LogP contribution in [-0.2, 0) is 4.79 Å². The van der Waals surface area contributed by atoms with E-state index in [2.05, 4.69) is 5.32 Å². The second kappa shape index (κ2) is 7.36. The maximum absolute atomic E-state index is 11.6. The summed E-state index contributed by atoms with van der Waals surface area (Å²) in [5, 5.41) is 3.54. The van der Waals surface area contributed by atoms with Crippen LogP contribution in [0.4, 0.5) is 0 Å². The van der Waals surface area contributed by atoms with Crippen molar-refractivity contribution in [3.05, 3.63) is 29.3 Å². The van der Waals surface area contributed by atoms with Crippen LogP contribution >= 0.6 is 11.6 Å². The standard InChI is InChI=1S/C14H19ClN2O2/c15-12-3-5-13(6-4-12)19-11-14(18)16-7-10-17-8-1-2-9-17/h3-6H,1-2,7-11H2,(H,16,18)/p+1. The van der Waals surface area contributed by atoms with Crippen LogP contribution in [0.25, 0.3) is 0 Å². The van der Waals surface area contributed by atoms with Crippen LogP contribution in [0.3, 0.4) is 0 Å². The van der Waals surface area contributed by atoms with Gasteiger partial charge in [0.05, 0.1) is 26.2 Å². The molecule has 1 fully saturated rings. The molecule has 0 unspecified atom stereocenters. The summed E-state index contributed by atoms with van der Waals surface area (Å²) in [6, 6.07) is 6.99. The van der Waals surface area contributed by atoms with Gasteiger partial charge in [0.15, 0.2) is 6.61 Å². The fourth-order valence-corrected chi connectivity index (χ4v) is 2.36. The summed E-state index contributed by atoms with van der Waals surface area (Å²) >= 11 is 5.77. The zero-order valence-electron chi connectivity index (χ0n) is 11.0. The molecule has 2 N–H and O–H groups in total. The highest BCUT2D eigenvalue weighted by Crippen LogP contribution is 2.15. The number of quaternary nitrogens is 1. The van der Waals surface area contributed by atoms with Gasteiger partial charge in [0, 0.05) is 17.9 Å². The molecule has 0 bridgehead atoms. The first-order valence-corrected chi connectivity index (χ1v) is 7.10. The third-order valence-electron chi connectivity index (χ3n) is 3.29. The summed E-state index contributed by atoms with van der Waals surface area (Å²) in [5.41, 5.74) is 0. The van der Waals surface area contributed by atoms with Crippen molar-refractivity contribution in [3.8, 4) is 5.75 Å². The first-order chi connectivity index (χ1) is 9.24. The lowest BCUT2D eigenvalue weighted by molar-refractivity contribution is -0.886. The Morgan fingerprint density at radius 2 is 1.95 bits per heavy atom. The van der Waals surface area contributed by atoms with Gasteiger partial charge in [0.25, 0.3) is 5.91 Å². The minimum Gasteiger partial charge on any atom is -0.484 e. The molecule has 1 saturated heterocycles. The van der Waals surface area contributed by atoms with Crippen LogP contribution in [0.1, 0.15) is 12.8 Å². The Hall–Kier alpha value is -1.26. The molecule has 1 aliphatic rings. The minimum absolute atomic E-state index is 0.0525. The topological polar surface area (TPSA) is 42.8 Å². The molecule has 1 aromatic carbocycles. The van der Waals surface area contributed by atoms with Crippen LogP contribution in [0, 0.1) is 0 Å². The van der Waals surface area contributed by atoms with Gasteiger partial charge in [-0.05, 0) is 24.3 Å². The zero-order chi connectivity index (χ0) is 13.5. The molecule has 0 radical (unpaired) electrons. The minimum atomic E-state index is -0.0754. The summed E-state index contributed by atoms with van der Waals surface area (Å²) in [6.45, 7) is 4.25. The van der Waals surface area contributed by atoms with E-state index in [9.17, 15) is 4.79 Å². The Bertz CT molecular complexity index is 402. The fourth-order valence-electron chi connectivity index (χ4n) is 2.23. The first kappa shape index (κ1) is 14.2. The normalized spacial score (nSPS) is 15.4. The lowest BCUT2D eigenvalue weighted by Crippen LogP contribution is -3.10. The lowest BCUT2D eigenvalue weighted by atomic mass is 10.3. The second-order valence-electron chi connectivity index (χ2n) is 4.80. The smallest absolute Gasteiger partial charge is 0.258 e. The molecule has 0 aromatic heterocycles. The van der Waals surface area contributed by atoms with Crippen LogP contribution in [0.15, 0.2) is 24.3 Å². The van der Waals surface area contributed by atoms with E-state index in [4.69, 9.17) is 16.3 Å². The predicted molar refractivity (Wildman–Crippen MR) is 74.8 cm³/mol. The van der Waals surface area contributed by atoms with E-state index in [-0.39, 0.29) is 12.5 Å². The third kappa shape index (κ3) is 5.09. The lowest BCUT2D eigenvalue weighted by Gasteiger charge is -2.12. The van der Waals surface area contributed by atoms with Gasteiger partial charge in [0.2, 0.25) is 0 Å². The average molecular weight is 284 g/mol. The molecule has 0 saturated carbocycles. The molecule has 19 heavy (non-hydrogen) atoms. The van der Waals surface area contributed by atoms with E-state index in [0.29, 0.717) is 10.8 Å². The van der Waals surface area contributed by atoms with Crippen molar-refractivity contribution in [3.63, 3.8) is 0 Å². The SMILES string of the molecule is O=C(COc1ccc(Cl)cc1)NCC[NH+]1CCCC1. The van der Waals surface area contributed by atoms with Gasteiger partial charge in [-0.1, -0.05) is 11.6 Å². The van der Waals surface area contributed by atoms with Crippen molar-refractivity contribution in [1.82, 2.24) is 5.32 Å². The van der Waals surface area contributed by atoms with Crippen LogP contribution in [0.2, 0.25) is 5.02 Å². The monoisotopic (exact) mass is 283 g/mol. The fraction of sp³-hybridized carbons (Fsp3) is 0.500. The molecule has 5 heteroatoms. The molecule has 1 aliphatic heterocycles. The first-order valence-electron chi connectivity index (χ1n) is 6.73. The number of benzene rings is 1. The van der Waals surface area contributed by atoms with Gasteiger partial charge in [-0.25, -0.2) is 0 Å². The number of hydrogen-bond donors (Lipinski definition) is 2. The van der Waals surface area contributed by atoms with Gasteiger partial charge >= 0.3 is 0 Å². The predicted octanol–water partition coefficient (Wildman–Crippen LogP) is 0.514. The number of hydrogen-bond acceptors (Lipinski definition) is 2. The van der Waals surface area contributed by atoms with Crippen molar-refractivity contribution < 1.29 is 14.4 Å². The molecule has 0 spiro atoms. The van der Waals surface area contributed by atoms with E-state index < -0.39 is 0 Å². The van der Waals surface area contributed by atoms with Gasteiger partial charge in [-0.3, -0.25) is 4.79 Å². The number of nitrogens with one attached hydrogen (secondary N) is 2. The molecule has 0 aliphatic carbocycles. The number of likely N-dealkylation sites (tertiary alicyclic amines) is 1. The van der Waals surface area contributed by atoms with E-state index in [1.165, 1.54) is 25.9 Å². The Kier molecular flexibility index (Phi) is 5.48. The molecule has 0 atom stereocenters. The second-order valence-corrected chi connectivity index (χ2v) is 5.24. The van der Waals surface area contributed by atoms with E-state index in [1.807, 2.05) is 0 Å². The maximum atomic E-state index is 11.6. The van der Waals surface area contributed by atoms with Crippen LogP contribution in [-0.4, -0.2) is 38.7 Å². The molecule has 1 heterocycles. The van der Waals surface area contributed by atoms with Gasteiger partial charge in [0.1, 0.15) is 5.75 Å². The molecule has 1 amide bonds. The van der Waals surface area contributed by atoms with Crippen molar-refractivity contribution in [1.29, 1.82) is 0 Å². The van der Waals surface area contributed by atoms with Crippen molar-refractivity contribution in [2.75, 3.05) is 32.8 Å². The Morgan fingerprint density at radius 3 is 2.63 bits per heavy atom. The highest BCUT2D eigenvalue weighted by Gasteiger charge is 2.14. The number of ether oxygens (including phenoxy) is 1. The Labute approximate surface area is 118 Å². The van der Waals surface area contributed by atoms with E-state index >= 15 is 0 Å². The van der Waals surface area contributed by atoms with Crippen LogP contribution in [0.5, 0.6) is 5.75 Å². The van der Waals surface area contributed by atoms with Crippen LogP contribution < -0.4 is 15.0 Å². The quantitative estimate of drug-likeness (QED) is 0.799. The van der Waals surface area contributed by atoms with Crippen molar-refractivity contribution in [2.45, 2.75) is 12.8 Å². The van der Waals surface area contributed by atoms with Crippen molar-refractivity contribution >= 4 is 17.5 Å². The molecule has 2 rings (SSSR count). The number of amides is 1. The van der Waals surface area contributed by atoms with E-state index in [1.54, 1.807) is 29.2 Å². The summed E-state index contributed by atoms with van der Waals surface area (Å²) in [5.74, 6) is 0.582. The summed E-state index contributed by atoms with van der Waals surface area (Å²) in [7, 11) is 0. The Morgan fingerprint density at radius 1 is 1.26 bits per heavy atom. The highest BCUT2D eigenvalue weighted by molar-refractivity contribution is 6.30. The number of carbonyl (C=O) groups is 1. The van der Waals surface area contributed by atoms with Gasteiger partial charge in [-0.2, -0.15) is 0 Å². The van der Waals surface area contributed by atoms with Gasteiger partial charge in [-0.15, -0.1) is 0 Å². The zero-order valence-corrected chi connectivity index (χ0v) is 11.7. The van der Waals surface area contributed by atoms with E-state index in [0.717, 1.165) is 13.1 Å². The molecular formula is C14H20ClN2O2+. The largest absolute Gasteiger partial charge is 0.484 e. The third-order valence-corrected chi connectivity index (χ3v) is 3.55. The molecule has 4 nitrogen and oxygen atoms in total. The average Bonchev–Trinajstić information content (AvgIpc) is 2.91. The number of rotatable bonds is 6. The number of carbonyl (C=O) groups excluding carboxylic acids is 1. The summed E-state index contributed by atoms with van der Waals surface area (Å²) in [4.78, 5) is 13.2. The molecular weight excluding hydrogens is 264 g/mol. The highest BCUT2D eigenvalue weighted by atomic mass is 35.5. The Balaban J connectivity index is 1.60. The van der Waals surface area contributed by atoms with Crippen molar-refractivity contribution in [2.24, 2.45) is 0 Å². The maximum Gasteiger partial charge on any atom is 0.258 e. The summed E-state index contributed by atoms with van der Waals surface area (Å²) < 4.78 is 5.37. The molecule has 104 valence electrons. The van der Waals surface area contributed by atoms with Gasteiger partial charge < -0.3 is 15.0 Å². The number of halogens is 1.